The molecule has 7 nitrogen and oxygen atoms in total. The first-order valence-electron chi connectivity index (χ1n) is 8.63. The number of carbonyl (C=O) groups excluding carboxylic acids is 1. The van der Waals surface area contributed by atoms with Crippen molar-refractivity contribution < 1.29 is 13.2 Å². The highest BCUT2D eigenvalue weighted by atomic mass is 35.5. The van der Waals surface area contributed by atoms with Crippen LogP contribution in [0.25, 0.3) is 0 Å². The molecule has 9 heteroatoms. The molecule has 2 heterocycles. The number of anilines is 1. The van der Waals surface area contributed by atoms with Crippen LogP contribution < -0.4 is 10.9 Å². The zero-order chi connectivity index (χ0) is 19.4. The van der Waals surface area contributed by atoms with Crippen molar-refractivity contribution in [1.29, 1.82) is 0 Å². The quantitative estimate of drug-likeness (QED) is 0.820. The number of hydrogen-bond acceptors (Lipinski definition) is 4. The molecule has 0 unspecified atom stereocenters. The Morgan fingerprint density at radius 1 is 1.07 bits per heavy atom. The Labute approximate surface area is 162 Å². The summed E-state index contributed by atoms with van der Waals surface area (Å²) < 4.78 is 28.0. The Morgan fingerprint density at radius 3 is 2.48 bits per heavy atom. The Kier molecular flexibility index (Phi) is 5.98. The topological polar surface area (TPSA) is 88.5 Å². The minimum atomic E-state index is -3.68. The Bertz CT molecular complexity index is 998. The molecular weight excluding hydrogens is 390 g/mol. The van der Waals surface area contributed by atoms with Crippen molar-refractivity contribution in [2.45, 2.75) is 30.7 Å². The number of piperidine rings is 1. The van der Waals surface area contributed by atoms with Gasteiger partial charge in [0, 0.05) is 25.4 Å². The van der Waals surface area contributed by atoms with Crippen molar-refractivity contribution in [3.8, 4) is 0 Å². The fourth-order valence-electron chi connectivity index (χ4n) is 2.95. The molecule has 0 spiro atoms. The second kappa shape index (κ2) is 8.24. The van der Waals surface area contributed by atoms with Gasteiger partial charge in [-0.25, -0.2) is 8.42 Å². The lowest BCUT2D eigenvalue weighted by Gasteiger charge is -2.26. The number of nitrogens with one attached hydrogen (secondary N) is 1. The Hall–Kier alpha value is -2.16. The zero-order valence-electron chi connectivity index (χ0n) is 14.6. The average molecular weight is 410 g/mol. The molecule has 2 aromatic rings. The van der Waals surface area contributed by atoms with Crippen LogP contribution >= 0.6 is 11.6 Å². The van der Waals surface area contributed by atoms with Gasteiger partial charge in [-0.1, -0.05) is 30.2 Å². The van der Waals surface area contributed by atoms with Gasteiger partial charge in [-0.3, -0.25) is 9.59 Å². The molecule has 1 aliphatic heterocycles. The summed E-state index contributed by atoms with van der Waals surface area (Å²) in [6.45, 7) is 0.621. The lowest BCUT2D eigenvalue weighted by molar-refractivity contribution is -0.116. The minimum Gasteiger partial charge on any atom is -0.323 e. The van der Waals surface area contributed by atoms with Gasteiger partial charge in [-0.15, -0.1) is 0 Å². The van der Waals surface area contributed by atoms with Gasteiger partial charge in [0.05, 0.1) is 15.6 Å². The number of benzene rings is 1. The van der Waals surface area contributed by atoms with Crippen molar-refractivity contribution >= 4 is 33.2 Å². The summed E-state index contributed by atoms with van der Waals surface area (Å²) in [5, 5.41) is 2.99. The van der Waals surface area contributed by atoms with Crippen molar-refractivity contribution in [2.24, 2.45) is 0 Å². The van der Waals surface area contributed by atoms with Gasteiger partial charge in [0.25, 0.3) is 5.56 Å². The van der Waals surface area contributed by atoms with Gasteiger partial charge in [0.15, 0.2) is 0 Å². The first-order valence-corrected chi connectivity index (χ1v) is 10.4. The fourth-order valence-corrected chi connectivity index (χ4v) is 4.67. The molecule has 0 bridgehead atoms. The van der Waals surface area contributed by atoms with Crippen LogP contribution in [-0.4, -0.2) is 36.3 Å². The van der Waals surface area contributed by atoms with Crippen LogP contribution in [0, 0.1) is 0 Å². The smallest absolute Gasteiger partial charge is 0.251 e. The number of halogens is 1. The summed E-state index contributed by atoms with van der Waals surface area (Å²) in [6.07, 6.45) is 3.87. The standard InChI is InChI=1S/C18H20ClN3O4S/c19-15-6-2-3-7-16(15)20-17(23)13-21-12-14(8-9-18(21)24)27(25,26)22-10-4-1-5-11-22/h2-3,6-9,12H,1,4-5,10-11,13H2,(H,20,23). The van der Waals surface area contributed by atoms with E-state index in [-0.39, 0.29) is 11.4 Å². The van der Waals surface area contributed by atoms with Crippen LogP contribution in [0.2, 0.25) is 5.02 Å². The second-order valence-electron chi connectivity index (χ2n) is 6.32. The van der Waals surface area contributed by atoms with Gasteiger partial charge in [-0.2, -0.15) is 4.31 Å². The van der Waals surface area contributed by atoms with Crippen LogP contribution in [0.3, 0.4) is 0 Å². The van der Waals surface area contributed by atoms with Crippen molar-refractivity contribution in [3.05, 3.63) is 58.0 Å². The molecule has 1 N–H and O–H groups in total. The van der Waals surface area contributed by atoms with E-state index in [4.69, 9.17) is 11.6 Å². The molecule has 1 aliphatic rings. The van der Waals surface area contributed by atoms with E-state index in [2.05, 4.69) is 5.32 Å². The third-order valence-corrected chi connectivity index (χ3v) is 6.58. The SMILES string of the molecule is O=C(Cn1cc(S(=O)(=O)N2CCCCC2)ccc1=O)Nc1ccccc1Cl. The van der Waals surface area contributed by atoms with E-state index in [1.165, 1.54) is 22.6 Å². The highest BCUT2D eigenvalue weighted by molar-refractivity contribution is 7.89. The highest BCUT2D eigenvalue weighted by Gasteiger charge is 2.26. The fraction of sp³-hybridized carbons (Fsp3) is 0.333. The predicted octanol–water partition coefficient (Wildman–Crippen LogP) is 2.31. The minimum absolute atomic E-state index is 0.00884. The number of carbonyl (C=O) groups is 1. The van der Waals surface area contributed by atoms with Gasteiger partial charge < -0.3 is 9.88 Å². The monoisotopic (exact) mass is 409 g/mol. The van der Waals surface area contributed by atoms with Gasteiger partial charge >= 0.3 is 0 Å². The molecule has 1 aromatic heterocycles. The summed E-state index contributed by atoms with van der Waals surface area (Å²) >= 11 is 6.01. The summed E-state index contributed by atoms with van der Waals surface area (Å²) in [4.78, 5) is 24.3. The molecule has 0 atom stereocenters. The number of pyridine rings is 1. The van der Waals surface area contributed by atoms with Gasteiger partial charge in [0.2, 0.25) is 15.9 Å². The number of rotatable bonds is 5. The number of hydrogen-bond donors (Lipinski definition) is 1. The summed E-state index contributed by atoms with van der Waals surface area (Å²) in [5.41, 5.74) is -0.0313. The molecule has 3 rings (SSSR count). The number of amides is 1. The lowest BCUT2D eigenvalue weighted by atomic mass is 10.2. The maximum atomic E-state index is 12.8. The molecular formula is C18H20ClN3O4S. The van der Waals surface area contributed by atoms with Crippen LogP contribution in [0.15, 0.2) is 52.3 Å². The largest absolute Gasteiger partial charge is 0.323 e. The van der Waals surface area contributed by atoms with Gasteiger partial charge in [0.1, 0.15) is 6.54 Å². The Balaban J connectivity index is 1.80. The second-order valence-corrected chi connectivity index (χ2v) is 8.67. The maximum absolute atomic E-state index is 12.8. The van der Waals surface area contributed by atoms with E-state index in [9.17, 15) is 18.0 Å². The molecule has 27 heavy (non-hydrogen) atoms. The molecule has 144 valence electrons. The Morgan fingerprint density at radius 2 is 1.78 bits per heavy atom. The van der Waals surface area contributed by atoms with E-state index >= 15 is 0 Å². The first kappa shape index (κ1) is 19.6. The summed E-state index contributed by atoms with van der Waals surface area (Å²) in [5.74, 6) is -0.474. The summed E-state index contributed by atoms with van der Waals surface area (Å²) in [6, 6.07) is 9.18. The van der Waals surface area contributed by atoms with Crippen molar-refractivity contribution in [3.63, 3.8) is 0 Å². The van der Waals surface area contributed by atoms with E-state index in [0.717, 1.165) is 23.8 Å². The van der Waals surface area contributed by atoms with Crippen molar-refractivity contribution in [1.82, 2.24) is 8.87 Å². The van der Waals surface area contributed by atoms with E-state index in [0.29, 0.717) is 23.8 Å². The third kappa shape index (κ3) is 4.58. The highest BCUT2D eigenvalue weighted by Crippen LogP contribution is 2.21. The maximum Gasteiger partial charge on any atom is 0.251 e. The number of nitrogens with zero attached hydrogens (tertiary/aromatic N) is 2. The molecule has 1 aromatic carbocycles. The predicted molar refractivity (Wildman–Crippen MR) is 103 cm³/mol. The third-order valence-electron chi connectivity index (χ3n) is 4.37. The average Bonchev–Trinajstić information content (AvgIpc) is 2.66. The van der Waals surface area contributed by atoms with Crippen LogP contribution in [0.1, 0.15) is 19.3 Å². The van der Waals surface area contributed by atoms with E-state index < -0.39 is 21.5 Å². The van der Waals surface area contributed by atoms with Gasteiger partial charge in [-0.05, 0) is 31.0 Å². The molecule has 0 aliphatic carbocycles. The number of aromatic nitrogens is 1. The molecule has 1 fully saturated rings. The van der Waals surface area contributed by atoms with Crippen molar-refractivity contribution in [2.75, 3.05) is 18.4 Å². The molecule has 0 saturated carbocycles. The number of sulfonamides is 1. The molecule has 1 amide bonds. The zero-order valence-corrected chi connectivity index (χ0v) is 16.2. The first-order chi connectivity index (χ1) is 12.9. The molecule has 0 radical (unpaired) electrons. The lowest BCUT2D eigenvalue weighted by Crippen LogP contribution is -2.36. The van der Waals surface area contributed by atoms with Crippen LogP contribution in [0.4, 0.5) is 5.69 Å². The van der Waals surface area contributed by atoms with E-state index in [1.54, 1.807) is 24.3 Å². The van der Waals surface area contributed by atoms with E-state index in [1.807, 2.05) is 0 Å². The molecule has 1 saturated heterocycles. The number of para-hydroxylation sites is 1. The van der Waals surface area contributed by atoms with Crippen LogP contribution in [0.5, 0.6) is 0 Å². The normalized spacial score (nSPS) is 15.4. The van der Waals surface area contributed by atoms with Crippen LogP contribution in [-0.2, 0) is 21.4 Å². The summed E-state index contributed by atoms with van der Waals surface area (Å²) in [7, 11) is -3.68.